The van der Waals surface area contributed by atoms with Crippen LogP contribution in [0.4, 0.5) is 0 Å². The van der Waals surface area contributed by atoms with Crippen LogP contribution >= 0.6 is 46.2 Å². The van der Waals surface area contributed by atoms with E-state index >= 15 is 0 Å². The molecule has 0 aliphatic rings. The molecular weight excluding hydrogens is 480 g/mol. The Kier molecular flexibility index (Phi) is 9.02. The SMILES string of the molecule is CCCSc1cc(OC)c([Te]c2sc(SCCC)cc2OC)s1. The summed E-state index contributed by atoms with van der Waals surface area (Å²) in [6.07, 6.45) is 2.40. The minimum atomic E-state index is -0.466. The first-order chi connectivity index (χ1) is 11.2. The molecular formula is C16H22O2S4Te. The van der Waals surface area contributed by atoms with E-state index in [9.17, 15) is 0 Å². The van der Waals surface area contributed by atoms with Crippen LogP contribution < -0.4 is 15.3 Å². The molecule has 2 rings (SSSR count). The van der Waals surface area contributed by atoms with E-state index in [1.807, 2.05) is 46.2 Å². The van der Waals surface area contributed by atoms with Gasteiger partial charge >= 0.3 is 167 Å². The van der Waals surface area contributed by atoms with Gasteiger partial charge in [0.05, 0.1) is 0 Å². The van der Waals surface area contributed by atoms with E-state index < -0.39 is 20.9 Å². The summed E-state index contributed by atoms with van der Waals surface area (Å²) in [6, 6.07) is 4.41. The van der Waals surface area contributed by atoms with Crippen LogP contribution in [0.2, 0.25) is 0 Å². The van der Waals surface area contributed by atoms with E-state index in [4.69, 9.17) is 9.47 Å². The molecule has 128 valence electrons. The van der Waals surface area contributed by atoms with Gasteiger partial charge in [-0.1, -0.05) is 0 Å². The second-order valence-electron chi connectivity index (χ2n) is 4.64. The predicted octanol–water partition coefficient (Wildman–Crippen LogP) is 4.49. The Morgan fingerprint density at radius 3 is 1.65 bits per heavy atom. The second-order valence-corrected chi connectivity index (χ2v) is 14.1. The van der Waals surface area contributed by atoms with Crippen molar-refractivity contribution in [1.29, 1.82) is 0 Å². The van der Waals surface area contributed by atoms with Crippen LogP contribution in [0.3, 0.4) is 0 Å². The van der Waals surface area contributed by atoms with Crippen molar-refractivity contribution in [2.24, 2.45) is 0 Å². The molecule has 0 amide bonds. The fourth-order valence-corrected chi connectivity index (χ4v) is 12.2. The number of thioether (sulfide) groups is 2. The second kappa shape index (κ2) is 10.5. The molecule has 0 saturated heterocycles. The molecule has 0 radical (unpaired) electrons. The Hall–Kier alpha value is 0.490. The van der Waals surface area contributed by atoms with Crippen LogP contribution in [0.5, 0.6) is 11.5 Å². The Labute approximate surface area is 165 Å². The molecule has 23 heavy (non-hydrogen) atoms. The normalized spacial score (nSPS) is 11.0. The van der Waals surface area contributed by atoms with Crippen molar-refractivity contribution in [3.63, 3.8) is 0 Å². The van der Waals surface area contributed by atoms with Crippen LogP contribution in [0.15, 0.2) is 20.6 Å². The molecule has 0 bridgehead atoms. The summed E-state index contributed by atoms with van der Waals surface area (Å²) in [7, 11) is 3.56. The van der Waals surface area contributed by atoms with Crippen molar-refractivity contribution in [3.05, 3.63) is 12.1 Å². The summed E-state index contributed by atoms with van der Waals surface area (Å²) in [4.78, 5) is 0. The van der Waals surface area contributed by atoms with Crippen molar-refractivity contribution in [1.82, 2.24) is 0 Å². The molecule has 0 aromatic carbocycles. The molecule has 7 heteroatoms. The van der Waals surface area contributed by atoms with Gasteiger partial charge in [-0.2, -0.15) is 0 Å². The molecule has 2 heterocycles. The van der Waals surface area contributed by atoms with E-state index in [0.29, 0.717) is 0 Å². The van der Waals surface area contributed by atoms with Gasteiger partial charge in [0, 0.05) is 0 Å². The van der Waals surface area contributed by atoms with Gasteiger partial charge in [0.25, 0.3) is 0 Å². The molecule has 2 aromatic heterocycles. The van der Waals surface area contributed by atoms with E-state index in [1.54, 1.807) is 14.2 Å². The van der Waals surface area contributed by atoms with E-state index in [0.717, 1.165) is 11.5 Å². The summed E-state index contributed by atoms with van der Waals surface area (Å²) < 4.78 is 16.8. The van der Waals surface area contributed by atoms with E-state index in [2.05, 4.69) is 26.0 Å². The predicted molar refractivity (Wildman–Crippen MR) is 109 cm³/mol. The Morgan fingerprint density at radius 1 is 0.870 bits per heavy atom. The number of thiophene rings is 2. The fraction of sp³-hybridized carbons (Fsp3) is 0.500. The summed E-state index contributed by atoms with van der Waals surface area (Å²) in [5, 5.41) is 0. The van der Waals surface area contributed by atoms with Gasteiger partial charge in [0.2, 0.25) is 0 Å². The van der Waals surface area contributed by atoms with Crippen LogP contribution in [-0.2, 0) is 0 Å². The Morgan fingerprint density at radius 2 is 1.30 bits per heavy atom. The van der Waals surface area contributed by atoms with E-state index in [1.165, 1.54) is 38.6 Å². The zero-order valence-electron chi connectivity index (χ0n) is 13.8. The van der Waals surface area contributed by atoms with Gasteiger partial charge in [0.1, 0.15) is 0 Å². The van der Waals surface area contributed by atoms with Gasteiger partial charge < -0.3 is 0 Å². The topological polar surface area (TPSA) is 18.5 Å². The van der Waals surface area contributed by atoms with Gasteiger partial charge in [0.15, 0.2) is 0 Å². The van der Waals surface area contributed by atoms with E-state index in [-0.39, 0.29) is 0 Å². The van der Waals surface area contributed by atoms with Gasteiger partial charge in [-0.3, -0.25) is 0 Å². The summed E-state index contributed by atoms with van der Waals surface area (Å²) in [6.45, 7) is 4.44. The minimum absolute atomic E-state index is 0.466. The molecule has 0 N–H and O–H groups in total. The number of hydrogen-bond acceptors (Lipinski definition) is 6. The van der Waals surface area contributed by atoms with Crippen LogP contribution in [-0.4, -0.2) is 46.6 Å². The quantitative estimate of drug-likeness (QED) is 0.352. The maximum absolute atomic E-state index is 5.61. The maximum atomic E-state index is 5.61. The molecule has 0 aliphatic carbocycles. The first kappa shape index (κ1) is 19.8. The van der Waals surface area contributed by atoms with Crippen LogP contribution in [0.1, 0.15) is 26.7 Å². The number of methoxy groups -OCH3 is 2. The Balaban J connectivity index is 2.17. The monoisotopic (exact) mass is 504 g/mol. The number of ether oxygens (including phenoxy) is 2. The summed E-state index contributed by atoms with van der Waals surface area (Å²) in [5.41, 5.74) is 0. The molecule has 0 unspecified atom stereocenters. The Bertz CT molecular complexity index is 557. The van der Waals surface area contributed by atoms with Crippen molar-refractivity contribution in [3.8, 4) is 11.5 Å². The standard InChI is InChI=1S/C16H22O2S4Te/c1-5-7-19-13-9-11(17-3)15(21-13)23-16-12(18-4)10-14(22-16)20-8-6-2/h9-10H,5-8H2,1-4H3. The zero-order chi connectivity index (χ0) is 16.7. The zero-order valence-corrected chi connectivity index (χ0v) is 19.4. The number of hydrogen-bond donors (Lipinski definition) is 0. The first-order valence-corrected chi connectivity index (χ1v) is 13.4. The van der Waals surface area contributed by atoms with Crippen molar-refractivity contribution in [2.45, 2.75) is 35.1 Å². The van der Waals surface area contributed by atoms with Crippen LogP contribution in [0, 0.1) is 0 Å². The molecule has 0 aliphatic heterocycles. The van der Waals surface area contributed by atoms with Crippen molar-refractivity contribution < 1.29 is 9.47 Å². The van der Waals surface area contributed by atoms with Gasteiger partial charge in [-0.15, -0.1) is 0 Å². The third-order valence-electron chi connectivity index (χ3n) is 2.81. The van der Waals surface area contributed by atoms with Gasteiger partial charge in [-0.05, 0) is 0 Å². The van der Waals surface area contributed by atoms with Gasteiger partial charge in [-0.25, -0.2) is 0 Å². The number of rotatable bonds is 10. The summed E-state index contributed by atoms with van der Waals surface area (Å²) in [5.74, 6) is 4.47. The molecule has 0 spiro atoms. The fourth-order valence-electron chi connectivity index (χ4n) is 1.73. The molecule has 0 fully saturated rings. The molecule has 0 atom stereocenters. The van der Waals surface area contributed by atoms with Crippen molar-refractivity contribution in [2.75, 3.05) is 25.7 Å². The molecule has 2 nitrogen and oxygen atoms in total. The third kappa shape index (κ3) is 5.76. The third-order valence-corrected chi connectivity index (χ3v) is 12.2. The average Bonchev–Trinajstić information content (AvgIpc) is 3.14. The van der Waals surface area contributed by atoms with Crippen LogP contribution in [0.25, 0.3) is 0 Å². The molecule has 2 aromatic rings. The first-order valence-electron chi connectivity index (χ1n) is 7.50. The summed E-state index contributed by atoms with van der Waals surface area (Å²) >= 11 is 7.21. The van der Waals surface area contributed by atoms with Crippen molar-refractivity contribution >= 4 is 73.0 Å². The average molecular weight is 502 g/mol. The molecule has 0 saturated carbocycles.